The molecule has 0 radical (unpaired) electrons. The van der Waals surface area contributed by atoms with Gasteiger partial charge in [-0.3, -0.25) is 14.5 Å². The van der Waals surface area contributed by atoms with E-state index in [1.807, 2.05) is 55.5 Å². The molecule has 1 amide bonds. The molecule has 0 aliphatic carbocycles. The Balaban J connectivity index is 1.84. The average molecular weight is 526 g/mol. The Morgan fingerprint density at radius 3 is 1.92 bits per heavy atom. The van der Waals surface area contributed by atoms with E-state index in [1.54, 1.807) is 18.2 Å². The number of anilines is 1. The van der Waals surface area contributed by atoms with Gasteiger partial charge >= 0.3 is 0 Å². The Morgan fingerprint density at radius 2 is 1.41 bits per heavy atom. The Kier molecular flexibility index (Phi) is 8.29. The highest BCUT2D eigenvalue weighted by molar-refractivity contribution is 6.51. The normalized spacial score (nSPS) is 17.1. The minimum Gasteiger partial charge on any atom is -0.507 e. The molecule has 3 aromatic carbocycles. The topological polar surface area (TPSA) is 66.8 Å². The number of Topliss-reactive ketones (excluding diaryl/α,β-unsaturated/α-hetero) is 1. The van der Waals surface area contributed by atoms with Gasteiger partial charge in [0.05, 0.1) is 18.2 Å². The number of nitrogens with zero attached hydrogens (tertiary/aromatic N) is 1. The maximum Gasteiger partial charge on any atom is 0.300 e. The molecule has 1 aliphatic heterocycles. The van der Waals surface area contributed by atoms with E-state index in [2.05, 4.69) is 41.5 Å². The Morgan fingerprint density at radius 1 is 0.846 bits per heavy atom. The molecule has 4 rings (SSSR count). The lowest BCUT2D eigenvalue weighted by Crippen LogP contribution is -2.29. The number of aliphatic hydroxyl groups excluding tert-OH is 1. The number of carbonyl (C=O) groups excluding carboxylic acids is 2. The molecule has 5 heteroatoms. The molecule has 0 bridgehead atoms. The molecule has 0 spiro atoms. The van der Waals surface area contributed by atoms with Crippen molar-refractivity contribution >= 4 is 23.1 Å². The maximum atomic E-state index is 13.5. The van der Waals surface area contributed by atoms with Crippen molar-refractivity contribution in [3.63, 3.8) is 0 Å². The van der Waals surface area contributed by atoms with Crippen LogP contribution in [0, 0.1) is 12.8 Å². The molecule has 0 saturated carbocycles. The third-order valence-corrected chi connectivity index (χ3v) is 7.22. The molecular formula is C34H39NO4. The number of amides is 1. The average Bonchev–Trinajstić information content (AvgIpc) is 3.17. The summed E-state index contributed by atoms with van der Waals surface area (Å²) < 4.78 is 5.89. The first-order chi connectivity index (χ1) is 18.5. The van der Waals surface area contributed by atoms with E-state index in [0.29, 0.717) is 35.6 Å². The van der Waals surface area contributed by atoms with E-state index in [0.717, 1.165) is 28.0 Å². The van der Waals surface area contributed by atoms with Crippen LogP contribution in [0.3, 0.4) is 0 Å². The fraction of sp³-hybridized carbons (Fsp3) is 0.353. The van der Waals surface area contributed by atoms with Gasteiger partial charge in [-0.15, -0.1) is 0 Å². The van der Waals surface area contributed by atoms with E-state index in [4.69, 9.17) is 4.74 Å². The lowest BCUT2D eigenvalue weighted by atomic mass is 9.92. The second kappa shape index (κ2) is 11.5. The number of rotatable bonds is 8. The van der Waals surface area contributed by atoms with Crippen LogP contribution in [0.1, 0.15) is 87.2 Å². The van der Waals surface area contributed by atoms with Crippen LogP contribution in [0.2, 0.25) is 0 Å². The zero-order chi connectivity index (χ0) is 28.4. The maximum absolute atomic E-state index is 13.5. The van der Waals surface area contributed by atoms with E-state index in [1.165, 1.54) is 4.90 Å². The van der Waals surface area contributed by atoms with Crippen LogP contribution >= 0.6 is 0 Å². The summed E-state index contributed by atoms with van der Waals surface area (Å²) in [6.07, 6.45) is 0. The van der Waals surface area contributed by atoms with Crippen LogP contribution in [0.15, 0.2) is 72.3 Å². The molecule has 5 nitrogen and oxygen atoms in total. The SMILES string of the molecule is Cc1cc(/C(O)=C2/C(=O)C(=O)N(c3ccc(C(C)C)cc3)C2c2ccc(C(C)C)cc2)ccc1OCC(C)C. The van der Waals surface area contributed by atoms with Crippen molar-refractivity contribution < 1.29 is 19.4 Å². The first kappa shape index (κ1) is 28.2. The van der Waals surface area contributed by atoms with E-state index < -0.39 is 17.7 Å². The summed E-state index contributed by atoms with van der Waals surface area (Å²) in [6.45, 7) is 15.1. The lowest BCUT2D eigenvalue weighted by Gasteiger charge is -2.26. The zero-order valence-electron chi connectivity index (χ0n) is 24.0. The quantitative estimate of drug-likeness (QED) is 0.184. The number of ketones is 1. The standard InChI is InChI=1S/C34H39NO4/c1-20(2)19-39-29-17-14-27(18-23(29)7)32(36)30-31(26-10-8-24(9-11-26)21(3)4)35(34(38)33(30)37)28-15-12-25(13-16-28)22(5)6/h8-18,20-22,31,36H,19H2,1-7H3/b32-30-. The molecule has 1 fully saturated rings. The van der Waals surface area contributed by atoms with Crippen LogP contribution in [-0.2, 0) is 9.59 Å². The van der Waals surface area contributed by atoms with Gasteiger partial charge in [-0.1, -0.05) is 77.9 Å². The van der Waals surface area contributed by atoms with E-state index in [9.17, 15) is 14.7 Å². The van der Waals surface area contributed by atoms with Crippen molar-refractivity contribution in [2.45, 2.75) is 66.3 Å². The Labute approximate surface area is 232 Å². The van der Waals surface area contributed by atoms with Crippen LogP contribution in [0.5, 0.6) is 5.75 Å². The molecule has 1 saturated heterocycles. The number of benzene rings is 3. The molecule has 3 aromatic rings. The number of carbonyl (C=O) groups is 2. The van der Waals surface area contributed by atoms with Crippen molar-refractivity contribution in [3.8, 4) is 5.75 Å². The summed E-state index contributed by atoms with van der Waals surface area (Å²) in [5.74, 6) is 0.248. The van der Waals surface area contributed by atoms with Crippen molar-refractivity contribution in [2.24, 2.45) is 5.92 Å². The van der Waals surface area contributed by atoms with Gasteiger partial charge in [-0.2, -0.15) is 0 Å². The summed E-state index contributed by atoms with van der Waals surface area (Å²) in [4.78, 5) is 28.6. The van der Waals surface area contributed by atoms with Crippen molar-refractivity contribution in [1.29, 1.82) is 0 Å². The van der Waals surface area contributed by atoms with Crippen molar-refractivity contribution in [1.82, 2.24) is 0 Å². The zero-order valence-corrected chi connectivity index (χ0v) is 24.0. The number of aliphatic hydroxyl groups is 1. The number of ether oxygens (including phenoxy) is 1. The summed E-state index contributed by atoms with van der Waals surface area (Å²) >= 11 is 0. The van der Waals surface area contributed by atoms with Gasteiger partial charge in [0.2, 0.25) is 0 Å². The largest absolute Gasteiger partial charge is 0.507 e. The smallest absolute Gasteiger partial charge is 0.300 e. The first-order valence-electron chi connectivity index (χ1n) is 13.7. The molecule has 1 N–H and O–H groups in total. The monoisotopic (exact) mass is 525 g/mol. The Hall–Kier alpha value is -3.86. The molecule has 204 valence electrons. The van der Waals surface area contributed by atoms with Gasteiger partial charge in [-0.05, 0) is 77.3 Å². The molecule has 0 aromatic heterocycles. The van der Waals surface area contributed by atoms with E-state index in [-0.39, 0.29) is 11.3 Å². The molecule has 1 heterocycles. The van der Waals surface area contributed by atoms with Gasteiger partial charge < -0.3 is 9.84 Å². The van der Waals surface area contributed by atoms with Crippen LogP contribution in [0.25, 0.3) is 5.76 Å². The highest BCUT2D eigenvalue weighted by Gasteiger charge is 2.47. The second-order valence-electron chi connectivity index (χ2n) is 11.4. The third-order valence-electron chi connectivity index (χ3n) is 7.22. The molecule has 1 atom stereocenters. The fourth-order valence-corrected chi connectivity index (χ4v) is 4.87. The van der Waals surface area contributed by atoms with Gasteiger partial charge in [0.25, 0.3) is 11.7 Å². The molecule has 1 aliphatic rings. The number of hydrogen-bond acceptors (Lipinski definition) is 4. The van der Waals surface area contributed by atoms with Gasteiger partial charge in [-0.25, -0.2) is 0 Å². The van der Waals surface area contributed by atoms with Crippen LogP contribution in [-0.4, -0.2) is 23.4 Å². The van der Waals surface area contributed by atoms with E-state index >= 15 is 0 Å². The Bertz CT molecular complexity index is 1380. The molecule has 1 unspecified atom stereocenters. The highest BCUT2D eigenvalue weighted by Crippen LogP contribution is 2.43. The van der Waals surface area contributed by atoms with Crippen LogP contribution in [0.4, 0.5) is 5.69 Å². The van der Waals surface area contributed by atoms with Gasteiger partial charge in [0, 0.05) is 11.3 Å². The van der Waals surface area contributed by atoms with Gasteiger partial charge in [0.1, 0.15) is 11.5 Å². The molecular weight excluding hydrogens is 486 g/mol. The number of hydrogen-bond donors (Lipinski definition) is 1. The summed E-state index contributed by atoms with van der Waals surface area (Å²) in [5.41, 5.74) is 5.08. The third kappa shape index (κ3) is 5.78. The predicted octanol–water partition coefficient (Wildman–Crippen LogP) is 7.90. The van der Waals surface area contributed by atoms with Crippen molar-refractivity contribution in [3.05, 3.63) is 100 Å². The predicted molar refractivity (Wildman–Crippen MR) is 157 cm³/mol. The minimum atomic E-state index is -0.756. The number of aryl methyl sites for hydroxylation is 1. The minimum absolute atomic E-state index is 0.0838. The van der Waals surface area contributed by atoms with Gasteiger partial charge in [0.15, 0.2) is 0 Å². The van der Waals surface area contributed by atoms with Crippen LogP contribution < -0.4 is 9.64 Å². The summed E-state index contributed by atoms with van der Waals surface area (Å²) in [6, 6.07) is 20.2. The second-order valence-corrected chi connectivity index (χ2v) is 11.4. The van der Waals surface area contributed by atoms with Crippen molar-refractivity contribution in [2.75, 3.05) is 11.5 Å². The summed E-state index contributed by atoms with van der Waals surface area (Å²) in [5, 5.41) is 11.5. The summed E-state index contributed by atoms with van der Waals surface area (Å²) in [7, 11) is 0. The first-order valence-corrected chi connectivity index (χ1v) is 13.7. The molecule has 39 heavy (non-hydrogen) atoms. The lowest BCUT2D eigenvalue weighted by molar-refractivity contribution is -0.132. The fourth-order valence-electron chi connectivity index (χ4n) is 4.87. The highest BCUT2D eigenvalue weighted by atomic mass is 16.5.